The van der Waals surface area contributed by atoms with Gasteiger partial charge in [0.25, 0.3) is 0 Å². The molecule has 0 amide bonds. The maximum atomic E-state index is 4.92. The topological polar surface area (TPSA) is 53.1 Å². The van der Waals surface area contributed by atoms with Crippen LogP contribution in [0.2, 0.25) is 0 Å². The first kappa shape index (κ1) is 20.6. The fourth-order valence-corrected chi connectivity index (χ4v) is 4.88. The van der Waals surface area contributed by atoms with Crippen molar-refractivity contribution in [3.05, 3.63) is 48.7 Å². The highest BCUT2D eigenvalue weighted by Gasteiger charge is 2.37. The van der Waals surface area contributed by atoms with Crippen LogP contribution in [0.3, 0.4) is 0 Å². The Morgan fingerprint density at radius 1 is 0.933 bits per heavy atom. The molecule has 5 nitrogen and oxygen atoms in total. The van der Waals surface area contributed by atoms with Crippen molar-refractivity contribution in [1.29, 1.82) is 0 Å². The van der Waals surface area contributed by atoms with Crippen molar-refractivity contribution in [3.63, 3.8) is 0 Å². The van der Waals surface area contributed by atoms with Gasteiger partial charge in [0.2, 0.25) is 0 Å². The van der Waals surface area contributed by atoms with E-state index in [0.717, 1.165) is 40.8 Å². The Morgan fingerprint density at radius 3 is 2.23 bits per heavy atom. The second kappa shape index (κ2) is 7.55. The fraction of sp³-hybridized carbons (Fsp3) is 0.440. The first-order chi connectivity index (χ1) is 14.1. The molecular weight excluding hydrogens is 370 g/mol. The van der Waals surface area contributed by atoms with Crippen molar-refractivity contribution in [2.75, 3.05) is 24.3 Å². The zero-order valence-electron chi connectivity index (χ0n) is 19.0. The molecule has 5 heteroatoms. The largest absolute Gasteiger partial charge is 0.378 e. The number of nitrogens with one attached hydrogen (secondary N) is 2. The summed E-state index contributed by atoms with van der Waals surface area (Å²) in [5, 5.41) is 8.53. The molecule has 0 radical (unpaired) electrons. The SMILES string of the molecule is CN(C)c1ccc(-c2ccc3c(NC4CC(C)(C)NC(C)(C)C4)nccc3n2)cc1. The van der Waals surface area contributed by atoms with Gasteiger partial charge >= 0.3 is 0 Å². The summed E-state index contributed by atoms with van der Waals surface area (Å²) in [6.45, 7) is 9.09. The van der Waals surface area contributed by atoms with Gasteiger partial charge in [-0.1, -0.05) is 12.1 Å². The Kier molecular flexibility index (Phi) is 5.18. The molecule has 0 unspecified atom stereocenters. The fourth-order valence-electron chi connectivity index (χ4n) is 4.88. The number of hydrogen-bond acceptors (Lipinski definition) is 5. The second-order valence-corrected chi connectivity index (χ2v) is 10.0. The monoisotopic (exact) mass is 403 g/mol. The molecule has 0 bridgehead atoms. The average molecular weight is 404 g/mol. The van der Waals surface area contributed by atoms with Crippen LogP contribution in [0.25, 0.3) is 22.2 Å². The van der Waals surface area contributed by atoms with E-state index in [-0.39, 0.29) is 11.1 Å². The number of nitrogens with zero attached hydrogens (tertiary/aromatic N) is 3. The van der Waals surface area contributed by atoms with Gasteiger partial charge in [0, 0.05) is 54.0 Å². The van der Waals surface area contributed by atoms with Crippen LogP contribution in [0.5, 0.6) is 0 Å². The van der Waals surface area contributed by atoms with E-state index in [1.807, 2.05) is 12.3 Å². The lowest BCUT2D eigenvalue weighted by molar-refractivity contribution is 0.170. The summed E-state index contributed by atoms with van der Waals surface area (Å²) in [6, 6.07) is 15.1. The zero-order valence-corrected chi connectivity index (χ0v) is 19.0. The Labute approximate surface area is 179 Å². The van der Waals surface area contributed by atoms with Crippen LogP contribution in [-0.4, -0.2) is 41.2 Å². The summed E-state index contributed by atoms with van der Waals surface area (Å²) in [6.07, 6.45) is 3.96. The van der Waals surface area contributed by atoms with E-state index < -0.39 is 0 Å². The number of fused-ring (bicyclic) bond motifs is 1. The molecule has 0 saturated carbocycles. The van der Waals surface area contributed by atoms with Crippen LogP contribution < -0.4 is 15.5 Å². The van der Waals surface area contributed by atoms with Gasteiger partial charge in [-0.25, -0.2) is 9.97 Å². The molecule has 1 fully saturated rings. The van der Waals surface area contributed by atoms with Crippen LogP contribution in [0, 0.1) is 0 Å². The third-order valence-electron chi connectivity index (χ3n) is 5.83. The van der Waals surface area contributed by atoms with Crippen molar-refractivity contribution in [2.24, 2.45) is 0 Å². The Bertz CT molecular complexity index is 1020. The van der Waals surface area contributed by atoms with Gasteiger partial charge < -0.3 is 15.5 Å². The van der Waals surface area contributed by atoms with Gasteiger partial charge in [-0.15, -0.1) is 0 Å². The molecule has 1 aromatic carbocycles. The van der Waals surface area contributed by atoms with Gasteiger partial charge in [-0.05, 0) is 70.9 Å². The molecule has 30 heavy (non-hydrogen) atoms. The van der Waals surface area contributed by atoms with Crippen LogP contribution in [-0.2, 0) is 0 Å². The Morgan fingerprint density at radius 2 is 1.60 bits per heavy atom. The molecular formula is C25H33N5. The number of rotatable bonds is 4. The smallest absolute Gasteiger partial charge is 0.135 e. The minimum atomic E-state index is 0.0914. The average Bonchev–Trinajstić information content (AvgIpc) is 2.65. The van der Waals surface area contributed by atoms with Crippen LogP contribution in [0.4, 0.5) is 11.5 Å². The molecule has 0 atom stereocenters. The molecule has 3 heterocycles. The van der Waals surface area contributed by atoms with Gasteiger partial charge in [0.15, 0.2) is 0 Å². The number of pyridine rings is 2. The first-order valence-corrected chi connectivity index (χ1v) is 10.7. The summed E-state index contributed by atoms with van der Waals surface area (Å²) in [7, 11) is 4.10. The van der Waals surface area contributed by atoms with E-state index in [2.05, 4.69) is 98.7 Å². The van der Waals surface area contributed by atoms with Crippen molar-refractivity contribution in [2.45, 2.75) is 57.7 Å². The van der Waals surface area contributed by atoms with Crippen LogP contribution in [0.15, 0.2) is 48.7 Å². The number of benzene rings is 1. The second-order valence-electron chi connectivity index (χ2n) is 10.0. The highest BCUT2D eigenvalue weighted by atomic mass is 15.1. The molecule has 1 aliphatic heterocycles. The molecule has 158 valence electrons. The van der Waals surface area contributed by atoms with Gasteiger partial charge in [-0.3, -0.25) is 0 Å². The predicted molar refractivity (Wildman–Crippen MR) is 127 cm³/mol. The maximum Gasteiger partial charge on any atom is 0.135 e. The quantitative estimate of drug-likeness (QED) is 0.636. The lowest BCUT2D eigenvalue weighted by atomic mass is 9.79. The van der Waals surface area contributed by atoms with Crippen molar-refractivity contribution < 1.29 is 0 Å². The summed E-state index contributed by atoms with van der Waals surface area (Å²) < 4.78 is 0. The predicted octanol–water partition coefficient (Wildman–Crippen LogP) is 5.08. The lowest BCUT2D eigenvalue weighted by Crippen LogP contribution is -2.60. The van der Waals surface area contributed by atoms with E-state index in [0.29, 0.717) is 6.04 Å². The van der Waals surface area contributed by atoms with Crippen molar-refractivity contribution in [1.82, 2.24) is 15.3 Å². The lowest BCUT2D eigenvalue weighted by Gasteiger charge is -2.46. The minimum absolute atomic E-state index is 0.0914. The van der Waals surface area contributed by atoms with Gasteiger partial charge in [0.1, 0.15) is 5.82 Å². The number of aromatic nitrogens is 2. The normalized spacial score (nSPS) is 18.3. The molecule has 1 saturated heterocycles. The number of hydrogen-bond donors (Lipinski definition) is 2. The Balaban J connectivity index is 1.62. The van der Waals surface area contributed by atoms with E-state index in [1.54, 1.807) is 0 Å². The van der Waals surface area contributed by atoms with Crippen molar-refractivity contribution in [3.8, 4) is 11.3 Å². The molecule has 2 aromatic heterocycles. The van der Waals surface area contributed by atoms with E-state index in [4.69, 9.17) is 4.98 Å². The molecule has 3 aromatic rings. The van der Waals surface area contributed by atoms with E-state index in [9.17, 15) is 0 Å². The first-order valence-electron chi connectivity index (χ1n) is 10.7. The highest BCUT2D eigenvalue weighted by Crippen LogP contribution is 2.32. The summed E-state index contributed by atoms with van der Waals surface area (Å²) in [4.78, 5) is 11.7. The van der Waals surface area contributed by atoms with Gasteiger partial charge in [0.05, 0.1) is 11.2 Å². The third-order valence-corrected chi connectivity index (χ3v) is 5.83. The van der Waals surface area contributed by atoms with Crippen molar-refractivity contribution >= 4 is 22.4 Å². The summed E-state index contributed by atoms with van der Waals surface area (Å²) >= 11 is 0. The van der Waals surface area contributed by atoms with Gasteiger partial charge in [-0.2, -0.15) is 0 Å². The Hall–Kier alpha value is -2.66. The number of anilines is 2. The molecule has 2 N–H and O–H groups in total. The van der Waals surface area contributed by atoms with E-state index in [1.165, 1.54) is 5.69 Å². The standard InChI is InChI=1S/C25H33N5/c1-24(2)15-18(16-25(3,4)29-24)27-23-20-11-12-21(28-22(20)13-14-26-23)17-7-9-19(10-8-17)30(5)6/h7-14,18,29H,15-16H2,1-6H3,(H,26,27). The zero-order chi connectivity index (χ0) is 21.5. The molecule has 0 spiro atoms. The van der Waals surface area contributed by atoms with Crippen LogP contribution in [0.1, 0.15) is 40.5 Å². The maximum absolute atomic E-state index is 4.92. The highest BCUT2D eigenvalue weighted by molar-refractivity contribution is 5.90. The van der Waals surface area contributed by atoms with E-state index >= 15 is 0 Å². The van der Waals surface area contributed by atoms with Crippen LogP contribution >= 0.6 is 0 Å². The third kappa shape index (κ3) is 4.41. The number of piperidine rings is 1. The summed E-state index contributed by atoms with van der Waals surface area (Å²) in [5.41, 5.74) is 4.43. The summed E-state index contributed by atoms with van der Waals surface area (Å²) in [5.74, 6) is 0.924. The molecule has 4 rings (SSSR count). The molecule has 0 aliphatic carbocycles. The minimum Gasteiger partial charge on any atom is -0.378 e. The molecule has 1 aliphatic rings.